The van der Waals surface area contributed by atoms with Crippen molar-refractivity contribution in [3.8, 4) is 0 Å². The van der Waals surface area contributed by atoms with E-state index in [9.17, 15) is 17.6 Å². The van der Waals surface area contributed by atoms with Gasteiger partial charge in [0.15, 0.2) is 9.84 Å². The molecule has 3 rings (SSSR count). The minimum absolute atomic E-state index is 0.0278. The zero-order valence-electron chi connectivity index (χ0n) is 18.1. The molecular weight excluding hydrogens is 417 g/mol. The van der Waals surface area contributed by atoms with Gasteiger partial charge in [-0.3, -0.25) is 9.69 Å². The number of amides is 1. The molecule has 2 aromatic rings. The van der Waals surface area contributed by atoms with Crippen LogP contribution in [-0.2, 0) is 14.6 Å². The molecule has 2 aromatic carbocycles. The van der Waals surface area contributed by atoms with Crippen LogP contribution in [0.1, 0.15) is 12.5 Å². The highest BCUT2D eigenvalue weighted by Gasteiger charge is 2.23. The summed E-state index contributed by atoms with van der Waals surface area (Å²) in [5, 5.41) is 2.84. The van der Waals surface area contributed by atoms with E-state index in [2.05, 4.69) is 46.3 Å². The van der Waals surface area contributed by atoms with Crippen LogP contribution in [0.25, 0.3) is 0 Å². The van der Waals surface area contributed by atoms with Gasteiger partial charge >= 0.3 is 0 Å². The van der Waals surface area contributed by atoms with Crippen molar-refractivity contribution in [2.24, 2.45) is 5.92 Å². The SMILES string of the molecule is Cc1cccc(N2CCN(CCNC(=O)[C@H](C)CS(=O)(=O)c3ccc(F)cc3)CC2)c1. The number of sulfone groups is 1. The number of hydrogen-bond donors (Lipinski definition) is 1. The molecule has 168 valence electrons. The highest BCUT2D eigenvalue weighted by atomic mass is 32.2. The first-order valence-electron chi connectivity index (χ1n) is 10.5. The predicted molar refractivity (Wildman–Crippen MR) is 120 cm³/mol. The van der Waals surface area contributed by atoms with Crippen LogP contribution in [0.2, 0.25) is 0 Å². The Hall–Kier alpha value is -2.45. The van der Waals surface area contributed by atoms with Crippen LogP contribution < -0.4 is 10.2 Å². The number of rotatable bonds is 8. The molecule has 0 unspecified atom stereocenters. The van der Waals surface area contributed by atoms with Crippen molar-refractivity contribution in [2.75, 3.05) is 49.9 Å². The van der Waals surface area contributed by atoms with E-state index in [0.29, 0.717) is 6.54 Å². The summed E-state index contributed by atoms with van der Waals surface area (Å²) in [4.78, 5) is 17.0. The zero-order valence-corrected chi connectivity index (χ0v) is 18.9. The molecule has 1 heterocycles. The molecule has 6 nitrogen and oxygen atoms in total. The van der Waals surface area contributed by atoms with Gasteiger partial charge in [-0.05, 0) is 48.9 Å². The Morgan fingerprint density at radius 2 is 1.77 bits per heavy atom. The Morgan fingerprint density at radius 1 is 1.10 bits per heavy atom. The van der Waals surface area contributed by atoms with Crippen molar-refractivity contribution in [2.45, 2.75) is 18.7 Å². The number of carbonyl (C=O) groups excluding carboxylic acids is 1. The quantitative estimate of drug-likeness (QED) is 0.630. The molecule has 1 fully saturated rings. The second kappa shape index (κ2) is 10.2. The second-order valence-corrected chi connectivity index (χ2v) is 10.1. The molecule has 0 aliphatic carbocycles. The fourth-order valence-electron chi connectivity index (χ4n) is 3.71. The second-order valence-electron chi connectivity index (χ2n) is 8.10. The summed E-state index contributed by atoms with van der Waals surface area (Å²) in [6.07, 6.45) is 0. The first-order chi connectivity index (χ1) is 14.7. The van der Waals surface area contributed by atoms with Crippen LogP contribution in [0.4, 0.5) is 10.1 Å². The summed E-state index contributed by atoms with van der Waals surface area (Å²) < 4.78 is 37.9. The molecule has 0 saturated carbocycles. The van der Waals surface area contributed by atoms with Gasteiger partial charge in [-0.25, -0.2) is 12.8 Å². The number of piperazine rings is 1. The summed E-state index contributed by atoms with van der Waals surface area (Å²) in [5.74, 6) is -1.78. The standard InChI is InChI=1S/C23H30FN3O3S/c1-18-4-3-5-21(16-18)27-14-12-26(13-15-27)11-10-25-23(28)19(2)17-31(29,30)22-8-6-20(24)7-9-22/h3-9,16,19H,10-15,17H2,1-2H3,(H,25,28)/t19-/m1/s1. The highest BCUT2D eigenvalue weighted by Crippen LogP contribution is 2.18. The number of nitrogens with one attached hydrogen (secondary N) is 1. The maximum Gasteiger partial charge on any atom is 0.223 e. The van der Waals surface area contributed by atoms with Gasteiger partial charge in [0.25, 0.3) is 0 Å². The lowest BCUT2D eigenvalue weighted by molar-refractivity contribution is -0.123. The molecule has 0 bridgehead atoms. The van der Waals surface area contributed by atoms with Crippen molar-refractivity contribution >= 4 is 21.4 Å². The molecule has 0 spiro atoms. The average Bonchev–Trinajstić information content (AvgIpc) is 2.74. The van der Waals surface area contributed by atoms with Crippen molar-refractivity contribution in [3.05, 3.63) is 59.9 Å². The highest BCUT2D eigenvalue weighted by molar-refractivity contribution is 7.91. The smallest absolute Gasteiger partial charge is 0.223 e. The van der Waals surface area contributed by atoms with Crippen molar-refractivity contribution in [1.82, 2.24) is 10.2 Å². The molecule has 1 atom stereocenters. The third kappa shape index (κ3) is 6.51. The third-order valence-electron chi connectivity index (χ3n) is 5.56. The first kappa shape index (κ1) is 23.2. The molecule has 1 amide bonds. The maximum atomic E-state index is 13.0. The van der Waals surface area contributed by atoms with Gasteiger partial charge in [0.2, 0.25) is 5.91 Å². The predicted octanol–water partition coefficient (Wildman–Crippen LogP) is 2.48. The summed E-state index contributed by atoms with van der Waals surface area (Å²) in [6.45, 7) is 8.59. The number of anilines is 1. The molecule has 31 heavy (non-hydrogen) atoms. The molecular formula is C23H30FN3O3S. The van der Waals surface area contributed by atoms with Crippen LogP contribution in [0.15, 0.2) is 53.4 Å². The van der Waals surface area contributed by atoms with E-state index in [0.717, 1.165) is 44.9 Å². The maximum absolute atomic E-state index is 13.0. The van der Waals surface area contributed by atoms with E-state index in [4.69, 9.17) is 0 Å². The topological polar surface area (TPSA) is 69.7 Å². The summed E-state index contributed by atoms with van der Waals surface area (Å²) in [6, 6.07) is 13.2. The van der Waals surface area contributed by atoms with E-state index >= 15 is 0 Å². The molecule has 8 heteroatoms. The lowest BCUT2D eigenvalue weighted by Crippen LogP contribution is -2.48. The third-order valence-corrected chi connectivity index (χ3v) is 7.49. The van der Waals surface area contributed by atoms with Gasteiger partial charge in [-0.1, -0.05) is 19.1 Å². The number of halogens is 1. The van der Waals surface area contributed by atoms with E-state index < -0.39 is 21.6 Å². The molecule has 0 radical (unpaired) electrons. The fourth-order valence-corrected chi connectivity index (χ4v) is 5.26. The van der Waals surface area contributed by atoms with Crippen LogP contribution in [-0.4, -0.2) is 64.2 Å². The van der Waals surface area contributed by atoms with Gasteiger partial charge in [0.1, 0.15) is 5.82 Å². The monoisotopic (exact) mass is 447 g/mol. The van der Waals surface area contributed by atoms with E-state index in [1.54, 1.807) is 6.92 Å². The summed E-state index contributed by atoms with van der Waals surface area (Å²) in [7, 11) is -3.65. The summed E-state index contributed by atoms with van der Waals surface area (Å²) >= 11 is 0. The number of carbonyl (C=O) groups is 1. The minimum Gasteiger partial charge on any atom is -0.369 e. The first-order valence-corrected chi connectivity index (χ1v) is 12.2. The zero-order chi connectivity index (χ0) is 22.4. The number of aryl methyl sites for hydroxylation is 1. The van der Waals surface area contributed by atoms with Crippen molar-refractivity contribution < 1.29 is 17.6 Å². The molecule has 1 N–H and O–H groups in total. The molecule has 1 aliphatic heterocycles. The van der Waals surface area contributed by atoms with Gasteiger partial charge in [0, 0.05) is 50.9 Å². The Kier molecular flexibility index (Phi) is 7.67. The number of hydrogen-bond acceptors (Lipinski definition) is 5. The van der Waals surface area contributed by atoms with Crippen LogP contribution >= 0.6 is 0 Å². The largest absolute Gasteiger partial charge is 0.369 e. The fraction of sp³-hybridized carbons (Fsp3) is 0.435. The van der Waals surface area contributed by atoms with Crippen molar-refractivity contribution in [1.29, 1.82) is 0 Å². The normalized spacial score (nSPS) is 16.2. The van der Waals surface area contributed by atoms with E-state index in [1.165, 1.54) is 23.4 Å². The minimum atomic E-state index is -3.65. The van der Waals surface area contributed by atoms with Gasteiger partial charge < -0.3 is 10.2 Å². The lowest BCUT2D eigenvalue weighted by atomic mass is 10.2. The summed E-state index contributed by atoms with van der Waals surface area (Å²) in [5.41, 5.74) is 2.49. The molecule has 1 aliphatic rings. The van der Waals surface area contributed by atoms with Crippen LogP contribution in [0.3, 0.4) is 0 Å². The Labute approximate surface area is 184 Å². The molecule has 0 aromatic heterocycles. The lowest BCUT2D eigenvalue weighted by Gasteiger charge is -2.36. The Balaban J connectivity index is 1.40. The van der Waals surface area contributed by atoms with Gasteiger partial charge in [-0.15, -0.1) is 0 Å². The van der Waals surface area contributed by atoms with Crippen LogP contribution in [0, 0.1) is 18.7 Å². The number of benzene rings is 2. The van der Waals surface area contributed by atoms with Gasteiger partial charge in [0.05, 0.1) is 10.6 Å². The van der Waals surface area contributed by atoms with Gasteiger partial charge in [-0.2, -0.15) is 0 Å². The number of nitrogens with zero attached hydrogens (tertiary/aromatic N) is 2. The van der Waals surface area contributed by atoms with Crippen molar-refractivity contribution in [3.63, 3.8) is 0 Å². The average molecular weight is 448 g/mol. The van der Waals surface area contributed by atoms with E-state index in [-0.39, 0.29) is 16.6 Å². The molecule has 1 saturated heterocycles. The van der Waals surface area contributed by atoms with Crippen LogP contribution in [0.5, 0.6) is 0 Å². The Bertz CT molecular complexity index is 987. The van der Waals surface area contributed by atoms with E-state index in [1.807, 2.05) is 0 Å². The Morgan fingerprint density at radius 3 is 2.42 bits per heavy atom.